The van der Waals surface area contributed by atoms with Crippen molar-refractivity contribution in [2.24, 2.45) is 7.05 Å². The standard InChI is InChI=1S/C13H15ClN4O2/c1-17-9-7-15-11(14)16-10(9)18(12(17)19)8-2-5-20-13(6-8)3-4-13/h7-8H,2-6H2,1H3. The number of hydrogen-bond acceptors (Lipinski definition) is 4. The van der Waals surface area contributed by atoms with Crippen LogP contribution in [0.4, 0.5) is 0 Å². The van der Waals surface area contributed by atoms with Crippen LogP contribution in [-0.4, -0.2) is 31.3 Å². The fraction of sp³-hybridized carbons (Fsp3) is 0.615. The lowest BCUT2D eigenvalue weighted by Gasteiger charge is -2.30. The second-order valence-corrected chi connectivity index (χ2v) is 6.08. The molecule has 1 aliphatic heterocycles. The smallest absolute Gasteiger partial charge is 0.330 e. The van der Waals surface area contributed by atoms with Crippen molar-refractivity contribution in [3.63, 3.8) is 0 Å². The molecule has 0 radical (unpaired) electrons. The van der Waals surface area contributed by atoms with Crippen molar-refractivity contribution in [3.8, 4) is 0 Å². The van der Waals surface area contributed by atoms with E-state index in [1.54, 1.807) is 22.4 Å². The first-order chi connectivity index (χ1) is 9.60. The normalized spacial score (nSPS) is 24.4. The van der Waals surface area contributed by atoms with Gasteiger partial charge in [-0.3, -0.25) is 9.13 Å². The molecule has 3 heterocycles. The molecule has 1 saturated heterocycles. The van der Waals surface area contributed by atoms with Gasteiger partial charge < -0.3 is 4.74 Å². The molecular weight excluding hydrogens is 280 g/mol. The molecule has 7 heteroatoms. The van der Waals surface area contributed by atoms with E-state index in [0.29, 0.717) is 12.3 Å². The summed E-state index contributed by atoms with van der Waals surface area (Å²) >= 11 is 5.89. The van der Waals surface area contributed by atoms with E-state index < -0.39 is 0 Å². The minimum Gasteiger partial charge on any atom is -0.375 e. The van der Waals surface area contributed by atoms with Gasteiger partial charge in [-0.05, 0) is 37.3 Å². The summed E-state index contributed by atoms with van der Waals surface area (Å²) in [4.78, 5) is 20.7. The van der Waals surface area contributed by atoms with Crippen molar-refractivity contribution >= 4 is 22.8 Å². The molecule has 1 unspecified atom stereocenters. The Morgan fingerprint density at radius 3 is 3.05 bits per heavy atom. The second kappa shape index (κ2) is 4.05. The molecule has 2 fully saturated rings. The number of halogens is 1. The molecular formula is C13H15ClN4O2. The Morgan fingerprint density at radius 1 is 1.50 bits per heavy atom. The third-order valence-corrected chi connectivity index (χ3v) is 4.63. The third kappa shape index (κ3) is 1.71. The van der Waals surface area contributed by atoms with Gasteiger partial charge in [-0.25, -0.2) is 9.78 Å². The van der Waals surface area contributed by atoms with Crippen molar-refractivity contribution in [1.29, 1.82) is 0 Å². The topological polar surface area (TPSA) is 61.9 Å². The molecule has 1 saturated carbocycles. The zero-order valence-corrected chi connectivity index (χ0v) is 11.9. The molecule has 2 aromatic heterocycles. The van der Waals surface area contributed by atoms with Crippen molar-refractivity contribution in [1.82, 2.24) is 19.1 Å². The number of rotatable bonds is 1. The summed E-state index contributed by atoms with van der Waals surface area (Å²) in [6.45, 7) is 0.701. The van der Waals surface area contributed by atoms with Gasteiger partial charge in [0.15, 0.2) is 5.65 Å². The molecule has 6 nitrogen and oxygen atoms in total. The molecule has 0 amide bonds. The molecule has 4 rings (SSSR count). The van der Waals surface area contributed by atoms with Crippen LogP contribution in [0.15, 0.2) is 11.0 Å². The average Bonchev–Trinajstić information content (AvgIpc) is 3.12. The maximum atomic E-state index is 12.5. The van der Waals surface area contributed by atoms with Crippen LogP contribution in [0.3, 0.4) is 0 Å². The van der Waals surface area contributed by atoms with Gasteiger partial charge in [0.1, 0.15) is 5.52 Å². The predicted octanol–water partition coefficient (Wildman–Crippen LogP) is 1.67. The lowest BCUT2D eigenvalue weighted by Crippen LogP contribution is -2.34. The third-order valence-electron chi connectivity index (χ3n) is 4.44. The number of imidazole rings is 1. The SMILES string of the molecule is Cn1c(=O)n(C2CCOC3(CC3)C2)c2nc(Cl)ncc21. The molecule has 0 bridgehead atoms. The molecule has 0 N–H and O–H groups in total. The Hall–Kier alpha value is -1.40. The first-order valence-corrected chi connectivity index (χ1v) is 7.21. The molecule has 2 aromatic rings. The highest BCUT2D eigenvalue weighted by Gasteiger charge is 2.48. The highest BCUT2D eigenvalue weighted by Crippen LogP contribution is 2.49. The first-order valence-electron chi connectivity index (χ1n) is 6.83. The minimum atomic E-state index is -0.0562. The average molecular weight is 295 g/mol. The van der Waals surface area contributed by atoms with Crippen LogP contribution in [0.25, 0.3) is 11.2 Å². The van der Waals surface area contributed by atoms with E-state index in [9.17, 15) is 4.79 Å². The fourth-order valence-corrected chi connectivity index (χ4v) is 3.28. The Labute approximate surface area is 120 Å². The molecule has 1 aliphatic carbocycles. The van der Waals surface area contributed by atoms with Gasteiger partial charge in [0.05, 0.1) is 11.8 Å². The number of nitrogens with zero attached hydrogens (tertiary/aromatic N) is 4. The Bertz CT molecular complexity index is 747. The number of hydrogen-bond donors (Lipinski definition) is 0. The lowest BCUT2D eigenvalue weighted by atomic mass is 10.0. The molecule has 1 spiro atoms. The summed E-state index contributed by atoms with van der Waals surface area (Å²) in [6.07, 6.45) is 5.52. The van der Waals surface area contributed by atoms with Crippen molar-refractivity contribution in [2.45, 2.75) is 37.3 Å². The van der Waals surface area contributed by atoms with Crippen LogP contribution in [0.5, 0.6) is 0 Å². The van der Waals surface area contributed by atoms with Gasteiger partial charge in [-0.1, -0.05) is 0 Å². The van der Waals surface area contributed by atoms with E-state index in [2.05, 4.69) is 9.97 Å². The molecule has 20 heavy (non-hydrogen) atoms. The van der Waals surface area contributed by atoms with Gasteiger partial charge in [-0.15, -0.1) is 0 Å². The maximum Gasteiger partial charge on any atom is 0.330 e. The van der Waals surface area contributed by atoms with Gasteiger partial charge in [0, 0.05) is 19.7 Å². The minimum absolute atomic E-state index is 0.0152. The molecule has 0 aromatic carbocycles. The van der Waals surface area contributed by atoms with Gasteiger partial charge in [0.2, 0.25) is 5.28 Å². The van der Waals surface area contributed by atoms with Crippen molar-refractivity contribution in [2.75, 3.05) is 6.61 Å². The molecule has 106 valence electrons. The monoisotopic (exact) mass is 294 g/mol. The second-order valence-electron chi connectivity index (χ2n) is 5.74. The Morgan fingerprint density at radius 2 is 2.30 bits per heavy atom. The van der Waals surface area contributed by atoms with Crippen molar-refractivity contribution < 1.29 is 4.74 Å². The first kappa shape index (κ1) is 12.3. The number of aromatic nitrogens is 4. The van der Waals surface area contributed by atoms with Gasteiger partial charge in [-0.2, -0.15) is 4.98 Å². The number of fused-ring (bicyclic) bond motifs is 1. The zero-order chi connectivity index (χ0) is 13.9. The van der Waals surface area contributed by atoms with Crippen LogP contribution in [-0.2, 0) is 11.8 Å². The summed E-state index contributed by atoms with van der Waals surface area (Å²) in [6, 6.07) is 0.133. The summed E-state index contributed by atoms with van der Waals surface area (Å²) in [5.41, 5.74) is 1.30. The van der Waals surface area contributed by atoms with E-state index in [1.807, 2.05) is 0 Å². The summed E-state index contributed by atoms with van der Waals surface area (Å²) in [5.74, 6) is 0. The summed E-state index contributed by atoms with van der Waals surface area (Å²) in [5, 5.41) is 0.171. The van der Waals surface area contributed by atoms with E-state index in [4.69, 9.17) is 16.3 Å². The van der Waals surface area contributed by atoms with Crippen molar-refractivity contribution in [3.05, 3.63) is 22.0 Å². The quantitative estimate of drug-likeness (QED) is 0.751. The fourth-order valence-electron chi connectivity index (χ4n) is 3.15. The molecule has 1 atom stereocenters. The van der Waals surface area contributed by atoms with Crippen LogP contribution in [0.1, 0.15) is 31.7 Å². The Kier molecular flexibility index (Phi) is 2.50. The summed E-state index contributed by atoms with van der Waals surface area (Å²) < 4.78 is 9.18. The van der Waals surface area contributed by atoms with E-state index in [-0.39, 0.29) is 22.6 Å². The maximum absolute atomic E-state index is 12.5. The van der Waals surface area contributed by atoms with Crippen LogP contribution in [0, 0.1) is 0 Å². The largest absolute Gasteiger partial charge is 0.375 e. The highest BCUT2D eigenvalue weighted by molar-refractivity contribution is 6.28. The van der Waals surface area contributed by atoms with Crippen LogP contribution >= 0.6 is 11.6 Å². The van der Waals surface area contributed by atoms with Crippen LogP contribution < -0.4 is 5.69 Å². The van der Waals surface area contributed by atoms with E-state index in [1.165, 1.54) is 0 Å². The van der Waals surface area contributed by atoms with Gasteiger partial charge >= 0.3 is 5.69 Å². The van der Waals surface area contributed by atoms with Gasteiger partial charge in [0.25, 0.3) is 0 Å². The summed E-state index contributed by atoms with van der Waals surface area (Å²) in [7, 11) is 1.74. The number of ether oxygens (including phenoxy) is 1. The zero-order valence-electron chi connectivity index (χ0n) is 11.2. The lowest BCUT2D eigenvalue weighted by molar-refractivity contribution is -0.0247. The molecule has 2 aliphatic rings. The predicted molar refractivity (Wildman–Crippen MR) is 74.0 cm³/mol. The number of aryl methyl sites for hydroxylation is 1. The van der Waals surface area contributed by atoms with E-state index >= 15 is 0 Å². The Balaban J connectivity index is 1.88. The highest BCUT2D eigenvalue weighted by atomic mass is 35.5. The van der Waals surface area contributed by atoms with E-state index in [0.717, 1.165) is 31.2 Å². The van der Waals surface area contributed by atoms with Crippen LogP contribution in [0.2, 0.25) is 5.28 Å².